The maximum absolute atomic E-state index is 12.2. The van der Waals surface area contributed by atoms with Crippen LogP contribution in [-0.2, 0) is 14.3 Å². The van der Waals surface area contributed by atoms with E-state index in [1.54, 1.807) is 7.11 Å². The van der Waals surface area contributed by atoms with Gasteiger partial charge in [-0.2, -0.15) is 0 Å². The third-order valence-corrected chi connectivity index (χ3v) is 9.98. The van der Waals surface area contributed by atoms with Crippen molar-refractivity contribution in [3.8, 4) is 0 Å². The fourth-order valence-corrected chi connectivity index (χ4v) is 8.08. The summed E-state index contributed by atoms with van der Waals surface area (Å²) in [7, 11) is -0.252. The van der Waals surface area contributed by atoms with Gasteiger partial charge in [0.2, 0.25) is 0 Å². The predicted octanol–water partition coefficient (Wildman–Crippen LogP) is 3.88. The normalized spacial score (nSPS) is 26.0. The zero-order valence-electron chi connectivity index (χ0n) is 16.0. The SMILES string of the molecule is COC[C@H]1O[C@@H](c2ccc(C)cc2)[C@@H](C=O)[C@@H]1[Si](C)(C)c1ccccc1. The summed E-state index contributed by atoms with van der Waals surface area (Å²) in [5.74, 6) is -0.153. The van der Waals surface area contributed by atoms with Gasteiger partial charge in [0.15, 0.2) is 0 Å². The van der Waals surface area contributed by atoms with Crippen molar-refractivity contribution >= 4 is 19.5 Å². The minimum Gasteiger partial charge on any atom is -0.382 e. The van der Waals surface area contributed by atoms with Gasteiger partial charge in [0.05, 0.1) is 26.9 Å². The van der Waals surface area contributed by atoms with Gasteiger partial charge in [-0.3, -0.25) is 0 Å². The molecule has 4 heteroatoms. The van der Waals surface area contributed by atoms with Gasteiger partial charge < -0.3 is 14.3 Å². The van der Waals surface area contributed by atoms with Crippen LogP contribution in [0.2, 0.25) is 18.6 Å². The van der Waals surface area contributed by atoms with Gasteiger partial charge in [-0.15, -0.1) is 0 Å². The van der Waals surface area contributed by atoms with Crippen molar-refractivity contribution in [1.29, 1.82) is 0 Å². The number of hydrogen-bond donors (Lipinski definition) is 0. The first-order valence-corrected chi connectivity index (χ1v) is 12.3. The zero-order chi connectivity index (χ0) is 18.7. The summed E-state index contributed by atoms with van der Waals surface area (Å²) in [4.78, 5) is 12.2. The molecule has 1 fully saturated rings. The van der Waals surface area contributed by atoms with E-state index in [-0.39, 0.29) is 23.7 Å². The van der Waals surface area contributed by atoms with Crippen LogP contribution in [0.15, 0.2) is 54.6 Å². The second-order valence-corrected chi connectivity index (χ2v) is 12.5. The van der Waals surface area contributed by atoms with Crippen LogP contribution in [0.3, 0.4) is 0 Å². The summed E-state index contributed by atoms with van der Waals surface area (Å²) >= 11 is 0. The van der Waals surface area contributed by atoms with E-state index in [1.807, 2.05) is 6.07 Å². The van der Waals surface area contributed by atoms with E-state index in [0.29, 0.717) is 6.61 Å². The molecule has 0 radical (unpaired) electrons. The topological polar surface area (TPSA) is 35.5 Å². The third kappa shape index (κ3) is 3.54. The Bertz CT molecular complexity index is 727. The number of benzene rings is 2. The van der Waals surface area contributed by atoms with Crippen molar-refractivity contribution < 1.29 is 14.3 Å². The molecule has 0 unspecified atom stereocenters. The molecule has 1 saturated heterocycles. The molecule has 2 aromatic carbocycles. The smallest absolute Gasteiger partial charge is 0.126 e. The van der Waals surface area contributed by atoms with Crippen molar-refractivity contribution in [3.05, 3.63) is 65.7 Å². The van der Waals surface area contributed by atoms with E-state index in [0.717, 1.165) is 11.8 Å². The quantitative estimate of drug-likeness (QED) is 0.573. The molecule has 0 N–H and O–H groups in total. The molecule has 3 nitrogen and oxygen atoms in total. The molecule has 2 aromatic rings. The molecule has 3 rings (SSSR count). The minimum absolute atomic E-state index is 0.0663. The lowest BCUT2D eigenvalue weighted by molar-refractivity contribution is -0.112. The Balaban J connectivity index is 2.00. The molecule has 1 aliphatic heterocycles. The van der Waals surface area contributed by atoms with Crippen molar-refractivity contribution in [2.45, 2.75) is 37.8 Å². The molecule has 0 spiro atoms. The van der Waals surface area contributed by atoms with Crippen LogP contribution in [-0.4, -0.2) is 34.2 Å². The van der Waals surface area contributed by atoms with Crippen LogP contribution in [0.1, 0.15) is 17.2 Å². The summed E-state index contributed by atoms with van der Waals surface area (Å²) in [6.07, 6.45) is 0.847. The first-order valence-electron chi connectivity index (χ1n) is 9.21. The standard InChI is InChI=1S/C22H28O3Si/c1-16-10-12-17(13-11-16)21-19(14-23)22(20(25-21)15-24-2)26(3,4)18-8-6-5-7-9-18/h5-14,19-22H,15H2,1-4H3/t19-,20-,21+,22+/m1/s1. The summed E-state index contributed by atoms with van der Waals surface area (Å²) in [5, 5.41) is 1.35. The van der Waals surface area contributed by atoms with Gasteiger partial charge >= 0.3 is 0 Å². The second-order valence-electron chi connectivity index (χ2n) is 7.79. The number of rotatable bonds is 6. The summed E-state index contributed by atoms with van der Waals surface area (Å²) in [5.41, 5.74) is 2.46. The molecule has 138 valence electrons. The largest absolute Gasteiger partial charge is 0.382 e. The average Bonchev–Trinajstić information content (AvgIpc) is 3.02. The lowest BCUT2D eigenvalue weighted by Gasteiger charge is -2.35. The van der Waals surface area contributed by atoms with Crippen molar-refractivity contribution in [3.63, 3.8) is 0 Å². The zero-order valence-corrected chi connectivity index (χ0v) is 17.0. The average molecular weight is 369 g/mol. The van der Waals surface area contributed by atoms with Crippen molar-refractivity contribution in [2.75, 3.05) is 13.7 Å². The van der Waals surface area contributed by atoms with Gasteiger partial charge in [0.1, 0.15) is 6.29 Å². The number of ether oxygens (including phenoxy) is 2. The maximum Gasteiger partial charge on any atom is 0.126 e. The van der Waals surface area contributed by atoms with E-state index in [9.17, 15) is 4.79 Å². The van der Waals surface area contributed by atoms with E-state index < -0.39 is 8.07 Å². The van der Waals surface area contributed by atoms with Gasteiger partial charge in [-0.1, -0.05) is 78.4 Å². The highest BCUT2D eigenvalue weighted by molar-refractivity contribution is 6.91. The number of hydrogen-bond acceptors (Lipinski definition) is 3. The highest BCUT2D eigenvalue weighted by Crippen LogP contribution is 2.49. The molecule has 1 aliphatic rings. The van der Waals surface area contributed by atoms with Crippen molar-refractivity contribution in [1.82, 2.24) is 0 Å². The monoisotopic (exact) mass is 368 g/mol. The Labute approximate surface area is 157 Å². The van der Waals surface area contributed by atoms with E-state index in [2.05, 4.69) is 68.5 Å². The molecule has 4 atom stereocenters. The Kier molecular flexibility index (Phi) is 5.75. The fraction of sp³-hybridized carbons (Fsp3) is 0.409. The first-order chi connectivity index (χ1) is 12.5. The minimum atomic E-state index is -1.95. The third-order valence-electron chi connectivity index (χ3n) is 5.73. The van der Waals surface area contributed by atoms with E-state index in [4.69, 9.17) is 9.47 Å². The van der Waals surface area contributed by atoms with Crippen LogP contribution in [0.5, 0.6) is 0 Å². The molecule has 0 bridgehead atoms. The Morgan fingerprint density at radius 2 is 1.73 bits per heavy atom. The lowest BCUT2D eigenvalue weighted by atomic mass is 9.94. The molecule has 0 aliphatic carbocycles. The van der Waals surface area contributed by atoms with Crippen LogP contribution >= 0.6 is 0 Å². The Morgan fingerprint density at radius 1 is 1.08 bits per heavy atom. The van der Waals surface area contributed by atoms with Gasteiger partial charge in [0.25, 0.3) is 0 Å². The molecule has 26 heavy (non-hydrogen) atoms. The Hall–Kier alpha value is -1.75. The molecule has 0 amide bonds. The Morgan fingerprint density at radius 3 is 2.31 bits per heavy atom. The van der Waals surface area contributed by atoms with Gasteiger partial charge in [0, 0.05) is 13.0 Å². The highest BCUT2D eigenvalue weighted by Gasteiger charge is 2.52. The first kappa shape index (κ1) is 19.0. The number of carbonyl (C=O) groups is 1. The molecule has 0 aromatic heterocycles. The van der Waals surface area contributed by atoms with E-state index >= 15 is 0 Å². The molecular weight excluding hydrogens is 340 g/mol. The van der Waals surface area contributed by atoms with E-state index in [1.165, 1.54) is 10.8 Å². The predicted molar refractivity (Wildman–Crippen MR) is 108 cm³/mol. The fourth-order valence-electron chi connectivity index (χ4n) is 4.33. The molecular formula is C22H28O3Si. The van der Waals surface area contributed by atoms with Crippen LogP contribution < -0.4 is 5.19 Å². The number of carbonyl (C=O) groups excluding carboxylic acids is 1. The highest BCUT2D eigenvalue weighted by atomic mass is 28.3. The summed E-state index contributed by atoms with van der Waals surface area (Å²) in [6.45, 7) is 7.26. The van der Waals surface area contributed by atoms with Gasteiger partial charge in [-0.25, -0.2) is 0 Å². The number of aryl methyl sites for hydroxylation is 1. The van der Waals surface area contributed by atoms with Crippen molar-refractivity contribution in [2.24, 2.45) is 5.92 Å². The lowest BCUT2D eigenvalue weighted by Crippen LogP contribution is -2.51. The van der Waals surface area contributed by atoms with Crippen LogP contribution in [0.25, 0.3) is 0 Å². The summed E-state index contributed by atoms with van der Waals surface area (Å²) < 4.78 is 11.9. The van der Waals surface area contributed by atoms with Crippen LogP contribution in [0.4, 0.5) is 0 Å². The number of aldehydes is 1. The summed E-state index contributed by atoms with van der Waals surface area (Å²) in [6, 6.07) is 18.9. The maximum atomic E-state index is 12.2. The second kappa shape index (κ2) is 7.87. The molecule has 1 heterocycles. The molecule has 0 saturated carbocycles. The van der Waals surface area contributed by atoms with Gasteiger partial charge in [-0.05, 0) is 18.0 Å². The number of methoxy groups -OCH3 is 1. The van der Waals surface area contributed by atoms with Crippen LogP contribution in [0, 0.1) is 12.8 Å².